The Bertz CT molecular complexity index is 762. The van der Waals surface area contributed by atoms with Gasteiger partial charge in [0, 0.05) is 12.2 Å². The minimum atomic E-state index is -0.997. The SMILES string of the molecule is COc1cc(CNc2ccc([C@@H]3C[C@H]3C(=O)O)cc2)cc(F)c1F. The van der Waals surface area contributed by atoms with Crippen LogP contribution in [-0.2, 0) is 11.3 Å². The van der Waals surface area contributed by atoms with Gasteiger partial charge in [0.25, 0.3) is 0 Å². The highest BCUT2D eigenvalue weighted by atomic mass is 19.2. The molecule has 1 saturated carbocycles. The van der Waals surface area contributed by atoms with E-state index >= 15 is 0 Å². The minimum absolute atomic E-state index is 0.0898. The lowest BCUT2D eigenvalue weighted by atomic mass is 10.1. The number of benzene rings is 2. The Kier molecular flexibility index (Phi) is 4.38. The Labute approximate surface area is 138 Å². The van der Waals surface area contributed by atoms with E-state index in [1.54, 1.807) is 0 Å². The summed E-state index contributed by atoms with van der Waals surface area (Å²) in [7, 11) is 1.29. The number of ether oxygens (including phenoxy) is 1. The van der Waals surface area contributed by atoms with Gasteiger partial charge >= 0.3 is 5.97 Å². The van der Waals surface area contributed by atoms with Crippen LogP contribution in [0.1, 0.15) is 23.5 Å². The maximum absolute atomic E-state index is 13.5. The van der Waals surface area contributed by atoms with Gasteiger partial charge in [-0.15, -0.1) is 0 Å². The highest BCUT2D eigenvalue weighted by Gasteiger charge is 2.43. The molecule has 0 aliphatic heterocycles. The molecule has 0 saturated heterocycles. The molecular formula is C18H17F2NO3. The van der Waals surface area contributed by atoms with Gasteiger partial charge in [-0.1, -0.05) is 12.1 Å². The second kappa shape index (κ2) is 6.47. The van der Waals surface area contributed by atoms with Crippen molar-refractivity contribution in [2.75, 3.05) is 12.4 Å². The molecule has 0 amide bonds. The molecule has 1 aliphatic rings. The lowest BCUT2D eigenvalue weighted by Crippen LogP contribution is -2.02. The fourth-order valence-electron chi connectivity index (χ4n) is 2.76. The van der Waals surface area contributed by atoms with Crippen LogP contribution in [-0.4, -0.2) is 18.2 Å². The lowest BCUT2D eigenvalue weighted by molar-refractivity contribution is -0.138. The van der Waals surface area contributed by atoms with Gasteiger partial charge in [0.15, 0.2) is 11.6 Å². The van der Waals surface area contributed by atoms with E-state index in [9.17, 15) is 13.6 Å². The van der Waals surface area contributed by atoms with Gasteiger partial charge in [-0.2, -0.15) is 4.39 Å². The van der Waals surface area contributed by atoms with Gasteiger partial charge in [0.1, 0.15) is 0 Å². The number of carbonyl (C=O) groups is 1. The Morgan fingerprint density at radius 2 is 2.00 bits per heavy atom. The highest BCUT2D eigenvalue weighted by Crippen LogP contribution is 2.47. The second-order valence-electron chi connectivity index (χ2n) is 5.86. The fraction of sp³-hybridized carbons (Fsp3) is 0.278. The second-order valence-corrected chi connectivity index (χ2v) is 5.86. The topological polar surface area (TPSA) is 58.6 Å². The quantitative estimate of drug-likeness (QED) is 0.845. The van der Waals surface area contributed by atoms with E-state index < -0.39 is 17.6 Å². The molecule has 2 aromatic rings. The third-order valence-electron chi connectivity index (χ3n) is 4.22. The van der Waals surface area contributed by atoms with Crippen molar-refractivity contribution in [1.29, 1.82) is 0 Å². The zero-order valence-corrected chi connectivity index (χ0v) is 13.1. The Morgan fingerprint density at radius 3 is 2.58 bits per heavy atom. The molecule has 2 N–H and O–H groups in total. The number of halogens is 2. The van der Waals surface area contributed by atoms with E-state index in [0.29, 0.717) is 18.5 Å². The molecular weight excluding hydrogens is 316 g/mol. The van der Waals surface area contributed by atoms with Crippen LogP contribution in [0, 0.1) is 17.6 Å². The standard InChI is InChI=1S/C18H17F2NO3/c1-24-16-7-10(6-15(19)17(16)20)9-21-12-4-2-11(3-5-12)13-8-14(13)18(22)23/h2-7,13-14,21H,8-9H2,1H3,(H,22,23)/t13-,14+/m0/s1. The number of carboxylic acids is 1. The van der Waals surface area contributed by atoms with Crippen molar-refractivity contribution >= 4 is 11.7 Å². The van der Waals surface area contributed by atoms with Gasteiger partial charge in [-0.25, -0.2) is 4.39 Å². The molecule has 0 spiro atoms. The van der Waals surface area contributed by atoms with E-state index in [1.807, 2.05) is 24.3 Å². The maximum atomic E-state index is 13.5. The number of rotatable bonds is 6. The van der Waals surface area contributed by atoms with Crippen LogP contribution in [0.25, 0.3) is 0 Å². The molecule has 1 fully saturated rings. The summed E-state index contributed by atoms with van der Waals surface area (Å²) in [6.45, 7) is 0.314. The van der Waals surface area contributed by atoms with Crippen molar-refractivity contribution in [1.82, 2.24) is 0 Å². The first-order valence-corrected chi connectivity index (χ1v) is 7.58. The number of anilines is 1. The molecule has 126 valence electrons. The zero-order chi connectivity index (χ0) is 17.3. The van der Waals surface area contributed by atoms with Crippen molar-refractivity contribution in [3.63, 3.8) is 0 Å². The van der Waals surface area contributed by atoms with Crippen LogP contribution in [0.4, 0.5) is 14.5 Å². The average Bonchev–Trinajstić information content (AvgIpc) is 3.37. The molecule has 0 bridgehead atoms. The summed E-state index contributed by atoms with van der Waals surface area (Å²) in [6, 6.07) is 10.1. The van der Waals surface area contributed by atoms with Gasteiger partial charge in [0.05, 0.1) is 13.0 Å². The van der Waals surface area contributed by atoms with Crippen molar-refractivity contribution in [2.24, 2.45) is 5.92 Å². The van der Waals surface area contributed by atoms with Crippen LogP contribution in [0.3, 0.4) is 0 Å². The van der Waals surface area contributed by atoms with Crippen LogP contribution in [0.2, 0.25) is 0 Å². The van der Waals surface area contributed by atoms with E-state index in [-0.39, 0.29) is 17.6 Å². The van der Waals surface area contributed by atoms with Crippen molar-refractivity contribution < 1.29 is 23.4 Å². The predicted molar refractivity (Wildman–Crippen MR) is 85.2 cm³/mol. The summed E-state index contributed by atoms with van der Waals surface area (Å²) in [4.78, 5) is 10.9. The van der Waals surface area contributed by atoms with Gasteiger partial charge in [-0.05, 0) is 47.7 Å². The highest BCUT2D eigenvalue weighted by molar-refractivity contribution is 5.75. The Balaban J connectivity index is 1.63. The lowest BCUT2D eigenvalue weighted by Gasteiger charge is -2.10. The average molecular weight is 333 g/mol. The van der Waals surface area contributed by atoms with E-state index in [2.05, 4.69) is 5.32 Å². The predicted octanol–water partition coefficient (Wildman–Crippen LogP) is 3.77. The molecule has 1 aliphatic carbocycles. The summed E-state index contributed by atoms with van der Waals surface area (Å²) < 4.78 is 31.7. The number of carboxylic acid groups (broad SMARTS) is 1. The molecule has 0 heterocycles. The first-order valence-electron chi connectivity index (χ1n) is 7.58. The van der Waals surface area contributed by atoms with Gasteiger partial charge < -0.3 is 15.2 Å². The minimum Gasteiger partial charge on any atom is -0.494 e. The third kappa shape index (κ3) is 3.32. The smallest absolute Gasteiger partial charge is 0.307 e. The summed E-state index contributed by atoms with van der Waals surface area (Å²) in [5.74, 6) is -3.02. The number of hydrogen-bond acceptors (Lipinski definition) is 3. The molecule has 0 aromatic heterocycles. The summed E-state index contributed by atoms with van der Waals surface area (Å²) >= 11 is 0. The van der Waals surface area contributed by atoms with Crippen LogP contribution in [0.15, 0.2) is 36.4 Å². The number of methoxy groups -OCH3 is 1. The molecule has 4 nitrogen and oxygen atoms in total. The molecule has 6 heteroatoms. The number of aliphatic carboxylic acids is 1. The summed E-state index contributed by atoms with van der Waals surface area (Å²) in [5, 5.41) is 12.1. The first kappa shape index (κ1) is 16.2. The first-order chi connectivity index (χ1) is 11.5. The molecule has 2 aromatic carbocycles. The fourth-order valence-corrected chi connectivity index (χ4v) is 2.76. The molecule has 0 unspecified atom stereocenters. The van der Waals surface area contributed by atoms with Gasteiger partial charge in [0.2, 0.25) is 5.82 Å². The van der Waals surface area contributed by atoms with Crippen molar-refractivity contribution in [3.05, 3.63) is 59.2 Å². The van der Waals surface area contributed by atoms with E-state index in [1.165, 1.54) is 13.2 Å². The number of hydrogen-bond donors (Lipinski definition) is 2. The molecule has 24 heavy (non-hydrogen) atoms. The van der Waals surface area contributed by atoms with E-state index in [4.69, 9.17) is 9.84 Å². The largest absolute Gasteiger partial charge is 0.494 e. The number of nitrogens with one attached hydrogen (secondary N) is 1. The Hall–Kier alpha value is -2.63. The zero-order valence-electron chi connectivity index (χ0n) is 13.1. The van der Waals surface area contributed by atoms with Crippen molar-refractivity contribution in [2.45, 2.75) is 18.9 Å². The van der Waals surface area contributed by atoms with E-state index in [0.717, 1.165) is 17.3 Å². The normalized spacial score (nSPS) is 19.0. The third-order valence-corrected chi connectivity index (χ3v) is 4.22. The Morgan fingerprint density at radius 1 is 1.29 bits per heavy atom. The monoisotopic (exact) mass is 333 g/mol. The van der Waals surface area contributed by atoms with Gasteiger partial charge in [-0.3, -0.25) is 4.79 Å². The molecule has 3 rings (SSSR count). The summed E-state index contributed by atoms with van der Waals surface area (Å²) in [5.41, 5.74) is 2.38. The molecule has 2 atom stereocenters. The molecule has 0 radical (unpaired) electrons. The maximum Gasteiger partial charge on any atom is 0.307 e. The summed E-state index contributed by atoms with van der Waals surface area (Å²) in [6.07, 6.45) is 0.677. The van der Waals surface area contributed by atoms with Crippen LogP contribution in [0.5, 0.6) is 5.75 Å². The van der Waals surface area contributed by atoms with Crippen molar-refractivity contribution in [3.8, 4) is 5.75 Å². The van der Waals surface area contributed by atoms with Crippen LogP contribution < -0.4 is 10.1 Å². The van der Waals surface area contributed by atoms with Crippen LogP contribution >= 0.6 is 0 Å².